The Kier molecular flexibility index (Phi) is 7.68. The Morgan fingerprint density at radius 1 is 1.19 bits per heavy atom. The molecule has 2 aromatic heterocycles. The highest BCUT2D eigenvalue weighted by molar-refractivity contribution is 7.99. The molecule has 0 spiro atoms. The Hall–Kier alpha value is -4.25. The first-order valence-corrected chi connectivity index (χ1v) is 15.3. The molecule has 0 radical (unpaired) electrons. The molecule has 11 heteroatoms. The minimum Gasteiger partial charge on any atom is -0.384 e. The van der Waals surface area contributed by atoms with Gasteiger partial charge in [-0.15, -0.1) is 11.8 Å². The molecular weight excluding hydrogens is 570 g/mol. The molecule has 0 unspecified atom stereocenters. The van der Waals surface area contributed by atoms with E-state index in [-0.39, 0.29) is 29.0 Å². The maximum atomic E-state index is 16.2. The number of carbonyl (C=O) groups is 1. The van der Waals surface area contributed by atoms with Crippen LogP contribution in [0.5, 0.6) is 0 Å². The zero-order valence-electron chi connectivity index (χ0n) is 24.2. The lowest BCUT2D eigenvalue weighted by Crippen LogP contribution is -2.54. The van der Waals surface area contributed by atoms with Gasteiger partial charge in [-0.25, -0.2) is 13.6 Å². The number of amides is 1. The number of nitrogens with zero attached hydrogens (tertiary/aromatic N) is 5. The molecule has 2 aliphatic rings. The average Bonchev–Trinajstić information content (AvgIpc) is 2.98. The first-order chi connectivity index (χ1) is 20.7. The summed E-state index contributed by atoms with van der Waals surface area (Å²) in [4.78, 5) is 40.1. The SMILES string of the molecule is C=CC(=O)N1CCN(c2nc(=O)n3c4cc(c(F)cc24)-c2c(F)cccc2NCCSc2ccnc(C(C)C)c2-3)[C@@H](C)C1. The lowest BCUT2D eigenvalue weighted by Gasteiger charge is -2.40. The molecular formula is C32H32F2N6O2S. The third-order valence-electron chi connectivity index (χ3n) is 7.99. The summed E-state index contributed by atoms with van der Waals surface area (Å²) in [6.45, 7) is 11.2. The number of hydrogen-bond acceptors (Lipinski definition) is 7. The molecule has 6 rings (SSSR count). The summed E-state index contributed by atoms with van der Waals surface area (Å²) < 4.78 is 33.1. The van der Waals surface area contributed by atoms with Crippen molar-refractivity contribution in [2.75, 3.05) is 42.1 Å². The highest BCUT2D eigenvalue weighted by Gasteiger charge is 2.31. The highest BCUT2D eigenvalue weighted by atomic mass is 32.2. The van der Waals surface area contributed by atoms with Crippen molar-refractivity contribution in [3.63, 3.8) is 0 Å². The van der Waals surface area contributed by atoms with Gasteiger partial charge in [0.05, 0.1) is 16.9 Å². The molecule has 1 saturated heterocycles. The Morgan fingerprint density at radius 2 is 2.00 bits per heavy atom. The lowest BCUT2D eigenvalue weighted by molar-refractivity contribution is -0.126. The number of rotatable bonds is 3. The molecule has 2 aromatic carbocycles. The van der Waals surface area contributed by atoms with E-state index in [0.717, 1.165) is 4.90 Å². The van der Waals surface area contributed by atoms with Crippen LogP contribution in [-0.4, -0.2) is 63.3 Å². The van der Waals surface area contributed by atoms with Gasteiger partial charge in [-0.3, -0.25) is 14.3 Å². The van der Waals surface area contributed by atoms with E-state index < -0.39 is 17.3 Å². The van der Waals surface area contributed by atoms with Gasteiger partial charge in [-0.1, -0.05) is 26.5 Å². The number of thioether (sulfide) groups is 1. The van der Waals surface area contributed by atoms with Crippen molar-refractivity contribution in [2.45, 2.75) is 37.6 Å². The Balaban J connectivity index is 1.68. The van der Waals surface area contributed by atoms with Gasteiger partial charge in [0.15, 0.2) is 0 Å². The number of nitrogens with one attached hydrogen (secondary N) is 1. The van der Waals surface area contributed by atoms with E-state index in [1.165, 1.54) is 22.8 Å². The monoisotopic (exact) mass is 602 g/mol. The van der Waals surface area contributed by atoms with Crippen LogP contribution in [0, 0.1) is 11.6 Å². The molecule has 4 aromatic rings. The van der Waals surface area contributed by atoms with Crippen LogP contribution in [0.2, 0.25) is 0 Å². The molecule has 222 valence electrons. The van der Waals surface area contributed by atoms with Crippen LogP contribution in [-0.2, 0) is 4.79 Å². The number of benzene rings is 2. The summed E-state index contributed by atoms with van der Waals surface area (Å²) in [7, 11) is 0. The second-order valence-electron chi connectivity index (χ2n) is 11.1. The summed E-state index contributed by atoms with van der Waals surface area (Å²) in [6.07, 6.45) is 3.02. The van der Waals surface area contributed by atoms with Crippen molar-refractivity contribution in [3.8, 4) is 16.8 Å². The summed E-state index contributed by atoms with van der Waals surface area (Å²) >= 11 is 1.56. The van der Waals surface area contributed by atoms with Gasteiger partial charge >= 0.3 is 5.69 Å². The summed E-state index contributed by atoms with van der Waals surface area (Å²) in [5.41, 5.74) is 1.76. The second-order valence-corrected chi connectivity index (χ2v) is 12.2. The Bertz CT molecular complexity index is 1820. The van der Waals surface area contributed by atoms with Gasteiger partial charge in [0, 0.05) is 71.3 Å². The second kappa shape index (κ2) is 11.4. The van der Waals surface area contributed by atoms with E-state index in [2.05, 4.69) is 21.9 Å². The molecule has 2 aliphatic heterocycles. The number of fused-ring (bicyclic) bond motifs is 5. The van der Waals surface area contributed by atoms with Crippen LogP contribution >= 0.6 is 11.8 Å². The molecule has 1 atom stereocenters. The zero-order chi connectivity index (χ0) is 30.4. The number of anilines is 2. The maximum absolute atomic E-state index is 16.2. The Morgan fingerprint density at radius 3 is 2.74 bits per heavy atom. The number of pyridine rings is 1. The molecule has 1 amide bonds. The molecule has 43 heavy (non-hydrogen) atoms. The third-order valence-corrected chi connectivity index (χ3v) is 9.04. The van der Waals surface area contributed by atoms with Gasteiger partial charge in [-0.05, 0) is 49.2 Å². The topological polar surface area (TPSA) is 83.4 Å². The molecule has 8 nitrogen and oxygen atoms in total. The molecule has 0 aliphatic carbocycles. The fourth-order valence-electron chi connectivity index (χ4n) is 5.97. The average molecular weight is 603 g/mol. The van der Waals surface area contributed by atoms with Crippen LogP contribution in [0.1, 0.15) is 32.4 Å². The van der Waals surface area contributed by atoms with Crippen molar-refractivity contribution in [3.05, 3.63) is 83.1 Å². The maximum Gasteiger partial charge on any atom is 0.354 e. The van der Waals surface area contributed by atoms with Crippen LogP contribution in [0.3, 0.4) is 0 Å². The molecule has 1 N–H and O–H groups in total. The minimum absolute atomic E-state index is 0.0307. The van der Waals surface area contributed by atoms with Gasteiger partial charge in [0.2, 0.25) is 5.91 Å². The van der Waals surface area contributed by atoms with Crippen molar-refractivity contribution in [1.82, 2.24) is 19.4 Å². The van der Waals surface area contributed by atoms with E-state index in [1.54, 1.807) is 41.1 Å². The largest absolute Gasteiger partial charge is 0.384 e. The molecule has 0 saturated carbocycles. The van der Waals surface area contributed by atoms with Crippen molar-refractivity contribution < 1.29 is 13.6 Å². The van der Waals surface area contributed by atoms with E-state index >= 15 is 8.78 Å². The smallest absolute Gasteiger partial charge is 0.354 e. The first-order valence-electron chi connectivity index (χ1n) is 14.3. The van der Waals surface area contributed by atoms with E-state index in [9.17, 15) is 9.59 Å². The van der Waals surface area contributed by atoms with E-state index in [0.29, 0.717) is 65.7 Å². The number of aromatic nitrogens is 3. The summed E-state index contributed by atoms with van der Waals surface area (Å²) in [6, 6.07) is 9.18. The standard InChI is InChI=1S/C32H32F2N6O2S/c1-5-27(41)38-12-13-39(19(4)17-38)31-21-15-23(34)20-16-25(21)40(32(42)37-31)30-26(9-10-36-29(30)18(2)3)43-14-11-35-24-8-6-7-22(33)28(20)24/h5-10,15-16,18-19,35H,1,11-14,17H2,2-4H3/t19-/m0/s1. The molecule has 1 fully saturated rings. The number of piperazine rings is 1. The van der Waals surface area contributed by atoms with Crippen LogP contribution in [0.25, 0.3) is 27.7 Å². The first kappa shape index (κ1) is 28.9. The summed E-state index contributed by atoms with van der Waals surface area (Å²) in [5, 5.41) is 3.69. The fourth-order valence-corrected chi connectivity index (χ4v) is 6.88. The van der Waals surface area contributed by atoms with Crippen molar-refractivity contribution in [1.29, 1.82) is 0 Å². The van der Waals surface area contributed by atoms with Gasteiger partial charge in [0.25, 0.3) is 0 Å². The predicted octanol–water partition coefficient (Wildman–Crippen LogP) is 5.59. The van der Waals surface area contributed by atoms with Gasteiger partial charge < -0.3 is 15.1 Å². The van der Waals surface area contributed by atoms with Gasteiger partial charge in [0.1, 0.15) is 17.5 Å². The fraction of sp³-hybridized carbons (Fsp3) is 0.312. The number of halogens is 2. The van der Waals surface area contributed by atoms with Crippen LogP contribution < -0.4 is 15.9 Å². The molecule has 2 bridgehead atoms. The summed E-state index contributed by atoms with van der Waals surface area (Å²) in [5.74, 6) is -0.481. The quantitative estimate of drug-likeness (QED) is 0.306. The Labute approximate surface area is 252 Å². The van der Waals surface area contributed by atoms with E-state index in [4.69, 9.17) is 0 Å². The predicted molar refractivity (Wildman–Crippen MR) is 167 cm³/mol. The number of carbonyl (C=O) groups excluding carboxylic acids is 1. The normalized spacial score (nSPS) is 16.7. The van der Waals surface area contributed by atoms with Crippen molar-refractivity contribution >= 4 is 40.1 Å². The van der Waals surface area contributed by atoms with Crippen LogP contribution in [0.15, 0.2) is 64.9 Å². The van der Waals surface area contributed by atoms with Gasteiger partial charge in [-0.2, -0.15) is 4.98 Å². The number of hydrogen-bond donors (Lipinski definition) is 1. The van der Waals surface area contributed by atoms with E-state index in [1.807, 2.05) is 31.7 Å². The highest BCUT2D eigenvalue weighted by Crippen LogP contribution is 2.40. The minimum atomic E-state index is -0.635. The zero-order valence-corrected chi connectivity index (χ0v) is 25.0. The van der Waals surface area contributed by atoms with Crippen LogP contribution in [0.4, 0.5) is 20.3 Å². The third kappa shape index (κ3) is 5.05. The molecule has 4 heterocycles. The lowest BCUT2D eigenvalue weighted by atomic mass is 9.99. The van der Waals surface area contributed by atoms with Crippen molar-refractivity contribution in [2.24, 2.45) is 0 Å².